The lowest BCUT2D eigenvalue weighted by Gasteiger charge is -2.40. The van der Waals surface area contributed by atoms with Gasteiger partial charge in [0.1, 0.15) is 18.2 Å². The Morgan fingerprint density at radius 3 is 2.26 bits per heavy atom. The summed E-state index contributed by atoms with van der Waals surface area (Å²) in [7, 11) is 0. The van der Waals surface area contributed by atoms with E-state index in [0.717, 1.165) is 37.5 Å². The summed E-state index contributed by atoms with van der Waals surface area (Å²) in [5, 5.41) is 0. The van der Waals surface area contributed by atoms with Gasteiger partial charge in [0.25, 0.3) is 0 Å². The Labute approximate surface area is 203 Å². The number of anilines is 1. The summed E-state index contributed by atoms with van der Waals surface area (Å²) in [5.41, 5.74) is 3.56. The van der Waals surface area contributed by atoms with Crippen LogP contribution in [0.3, 0.4) is 0 Å². The number of likely N-dealkylation sites (tertiary alicyclic amines) is 1. The summed E-state index contributed by atoms with van der Waals surface area (Å²) < 4.78 is 19.0. The minimum absolute atomic E-state index is 0.224. The molecule has 0 unspecified atom stereocenters. The van der Waals surface area contributed by atoms with Gasteiger partial charge in [0, 0.05) is 50.3 Å². The zero-order valence-electron chi connectivity index (χ0n) is 20.4. The fourth-order valence-corrected chi connectivity index (χ4v) is 4.54. The molecule has 34 heavy (non-hydrogen) atoms. The molecule has 2 aromatic carbocycles. The molecule has 0 amide bonds. The molecule has 0 spiro atoms. The number of nitrogens with zero attached hydrogens (tertiary/aromatic N) is 3. The van der Waals surface area contributed by atoms with Gasteiger partial charge in [-0.1, -0.05) is 26.0 Å². The molecule has 5 heteroatoms. The van der Waals surface area contributed by atoms with Crippen molar-refractivity contribution in [2.24, 2.45) is 5.92 Å². The molecule has 1 aliphatic heterocycles. The predicted molar refractivity (Wildman–Crippen MR) is 137 cm³/mol. The minimum atomic E-state index is -0.224. The van der Waals surface area contributed by atoms with Crippen LogP contribution >= 0.6 is 0 Å². The lowest BCUT2D eigenvalue weighted by molar-refractivity contribution is 0.200. The van der Waals surface area contributed by atoms with E-state index >= 15 is 0 Å². The summed E-state index contributed by atoms with van der Waals surface area (Å²) in [4.78, 5) is 9.29. The first-order valence-electron chi connectivity index (χ1n) is 12.4. The van der Waals surface area contributed by atoms with Crippen molar-refractivity contribution < 1.29 is 9.13 Å². The number of pyridine rings is 1. The van der Waals surface area contributed by atoms with Crippen LogP contribution in [0, 0.1) is 11.7 Å². The molecule has 0 aliphatic carbocycles. The van der Waals surface area contributed by atoms with Crippen molar-refractivity contribution in [1.29, 1.82) is 0 Å². The topological polar surface area (TPSA) is 28.6 Å². The fraction of sp³-hybridized carbons (Fsp3) is 0.414. The van der Waals surface area contributed by atoms with Crippen LogP contribution in [0.2, 0.25) is 0 Å². The second kappa shape index (κ2) is 12.0. The molecular formula is C29H36FN3O. The third-order valence-electron chi connectivity index (χ3n) is 6.59. The van der Waals surface area contributed by atoms with Gasteiger partial charge in [-0.15, -0.1) is 0 Å². The van der Waals surface area contributed by atoms with E-state index < -0.39 is 0 Å². The third-order valence-corrected chi connectivity index (χ3v) is 6.59. The van der Waals surface area contributed by atoms with Gasteiger partial charge in [-0.25, -0.2) is 4.39 Å². The standard InChI is InChI=1S/C29H36FN3O/c1-23(2)13-20-33(28-14-18-32(19-15-28)21-24-11-16-31-17-12-24)27-7-9-29(10-8-27)34-22-25-3-5-26(30)6-4-25/h3-12,16-17,23,28H,13-15,18-22H2,1-2H3. The van der Waals surface area contributed by atoms with Gasteiger partial charge in [0.15, 0.2) is 0 Å². The van der Waals surface area contributed by atoms with Crippen molar-refractivity contribution in [3.8, 4) is 5.75 Å². The zero-order chi connectivity index (χ0) is 23.8. The number of hydrogen-bond donors (Lipinski definition) is 0. The second-order valence-electron chi connectivity index (χ2n) is 9.65. The van der Waals surface area contributed by atoms with Gasteiger partial charge in [-0.3, -0.25) is 9.88 Å². The monoisotopic (exact) mass is 461 g/mol. The molecule has 1 saturated heterocycles. The molecule has 0 atom stereocenters. The Balaban J connectivity index is 1.36. The first kappa shape index (κ1) is 24.2. The Kier molecular flexibility index (Phi) is 8.53. The lowest BCUT2D eigenvalue weighted by Crippen LogP contribution is -2.45. The normalized spacial score (nSPS) is 14.9. The maximum absolute atomic E-state index is 13.1. The summed E-state index contributed by atoms with van der Waals surface area (Å²) in [6.45, 7) is 9.33. The number of hydrogen-bond acceptors (Lipinski definition) is 4. The third kappa shape index (κ3) is 7.04. The number of halogens is 1. The van der Waals surface area contributed by atoms with Gasteiger partial charge in [-0.05, 0) is 84.8 Å². The van der Waals surface area contributed by atoms with Gasteiger partial charge in [0.2, 0.25) is 0 Å². The quantitative estimate of drug-likeness (QED) is 0.353. The number of piperidine rings is 1. The molecule has 0 N–H and O–H groups in total. The molecule has 4 rings (SSSR count). The molecule has 1 aromatic heterocycles. The number of ether oxygens (including phenoxy) is 1. The van der Waals surface area contributed by atoms with Crippen LogP contribution in [0.15, 0.2) is 73.1 Å². The smallest absolute Gasteiger partial charge is 0.123 e. The van der Waals surface area contributed by atoms with Crippen molar-refractivity contribution in [2.75, 3.05) is 24.5 Å². The molecule has 2 heterocycles. The summed E-state index contributed by atoms with van der Waals surface area (Å²) in [5.74, 6) is 1.29. The van der Waals surface area contributed by atoms with E-state index in [-0.39, 0.29) is 5.82 Å². The zero-order valence-corrected chi connectivity index (χ0v) is 20.4. The molecular weight excluding hydrogens is 425 g/mol. The van der Waals surface area contributed by atoms with E-state index in [1.54, 1.807) is 12.1 Å². The summed E-state index contributed by atoms with van der Waals surface area (Å²) in [6, 6.07) is 19.7. The van der Waals surface area contributed by atoms with E-state index in [4.69, 9.17) is 4.74 Å². The SMILES string of the molecule is CC(C)CCN(c1ccc(OCc2ccc(F)cc2)cc1)C1CCN(Cc2ccncc2)CC1. The molecule has 1 fully saturated rings. The van der Waals surface area contributed by atoms with Gasteiger partial charge < -0.3 is 9.64 Å². The summed E-state index contributed by atoms with van der Waals surface area (Å²) in [6.07, 6.45) is 7.28. The average molecular weight is 462 g/mol. The van der Waals surface area contributed by atoms with Gasteiger partial charge >= 0.3 is 0 Å². The molecule has 0 bridgehead atoms. The second-order valence-corrected chi connectivity index (χ2v) is 9.65. The lowest BCUT2D eigenvalue weighted by atomic mass is 10.00. The Morgan fingerprint density at radius 2 is 1.62 bits per heavy atom. The average Bonchev–Trinajstić information content (AvgIpc) is 2.86. The first-order chi connectivity index (χ1) is 16.6. The maximum atomic E-state index is 13.1. The predicted octanol–water partition coefficient (Wildman–Crippen LogP) is 6.32. The van der Waals surface area contributed by atoms with Gasteiger partial charge in [0.05, 0.1) is 0 Å². The molecule has 3 aromatic rings. The van der Waals surface area contributed by atoms with Crippen molar-refractivity contribution in [3.63, 3.8) is 0 Å². The van der Waals surface area contributed by atoms with E-state index in [1.807, 2.05) is 12.4 Å². The molecule has 4 nitrogen and oxygen atoms in total. The van der Waals surface area contributed by atoms with Crippen LogP contribution in [-0.4, -0.2) is 35.6 Å². The first-order valence-corrected chi connectivity index (χ1v) is 12.4. The maximum Gasteiger partial charge on any atom is 0.123 e. The van der Waals surface area contributed by atoms with Crippen molar-refractivity contribution in [3.05, 3.63) is 90.0 Å². The van der Waals surface area contributed by atoms with Crippen LogP contribution < -0.4 is 9.64 Å². The number of aromatic nitrogens is 1. The number of rotatable bonds is 10. The largest absolute Gasteiger partial charge is 0.489 e. The Hall–Kier alpha value is -2.92. The van der Waals surface area contributed by atoms with E-state index in [9.17, 15) is 4.39 Å². The molecule has 180 valence electrons. The Morgan fingerprint density at radius 1 is 0.941 bits per heavy atom. The van der Waals surface area contributed by atoms with Crippen LogP contribution in [-0.2, 0) is 13.2 Å². The molecule has 1 aliphatic rings. The van der Waals surface area contributed by atoms with Gasteiger partial charge in [-0.2, -0.15) is 0 Å². The molecule has 0 radical (unpaired) electrons. The highest BCUT2D eigenvalue weighted by atomic mass is 19.1. The van der Waals surface area contributed by atoms with E-state index in [0.29, 0.717) is 18.6 Å². The highest BCUT2D eigenvalue weighted by Gasteiger charge is 2.25. The van der Waals surface area contributed by atoms with Crippen LogP contribution in [0.25, 0.3) is 0 Å². The fourth-order valence-electron chi connectivity index (χ4n) is 4.54. The van der Waals surface area contributed by atoms with Crippen LogP contribution in [0.4, 0.5) is 10.1 Å². The summed E-state index contributed by atoms with van der Waals surface area (Å²) >= 11 is 0. The van der Waals surface area contributed by atoms with Crippen molar-refractivity contribution in [2.45, 2.75) is 52.3 Å². The highest BCUT2D eigenvalue weighted by molar-refractivity contribution is 5.50. The van der Waals surface area contributed by atoms with E-state index in [2.05, 4.69) is 65.0 Å². The highest BCUT2D eigenvalue weighted by Crippen LogP contribution is 2.27. The van der Waals surface area contributed by atoms with Crippen molar-refractivity contribution in [1.82, 2.24) is 9.88 Å². The van der Waals surface area contributed by atoms with Crippen LogP contribution in [0.1, 0.15) is 44.2 Å². The van der Waals surface area contributed by atoms with Crippen LogP contribution in [0.5, 0.6) is 5.75 Å². The van der Waals surface area contributed by atoms with Crippen molar-refractivity contribution >= 4 is 5.69 Å². The number of benzene rings is 2. The minimum Gasteiger partial charge on any atom is -0.489 e. The van der Waals surface area contributed by atoms with E-state index in [1.165, 1.54) is 42.6 Å². The Bertz CT molecular complexity index is 984. The molecule has 0 saturated carbocycles.